The van der Waals surface area contributed by atoms with Crippen LogP contribution < -0.4 is 10.6 Å². The third-order valence-corrected chi connectivity index (χ3v) is 2.86. The Morgan fingerprint density at radius 1 is 1.39 bits per heavy atom. The minimum absolute atomic E-state index is 0.352. The van der Waals surface area contributed by atoms with E-state index in [4.69, 9.17) is 17.3 Å². The number of alkyl halides is 2. The number of anilines is 1. The molecular formula is C11H14F2N2OS2. The molecule has 0 radical (unpaired) electrons. The van der Waals surface area contributed by atoms with Crippen molar-refractivity contribution in [2.75, 3.05) is 11.9 Å². The fraction of sp³-hybridized carbons (Fsp3) is 0.364. The van der Waals surface area contributed by atoms with E-state index in [9.17, 15) is 8.78 Å². The van der Waals surface area contributed by atoms with Gasteiger partial charge in [0.2, 0.25) is 0 Å². The Balaban J connectivity index is 2.45. The molecule has 1 atom stereocenters. The van der Waals surface area contributed by atoms with Crippen molar-refractivity contribution >= 4 is 34.8 Å². The summed E-state index contributed by atoms with van der Waals surface area (Å²) < 4.78 is 24.2. The van der Waals surface area contributed by atoms with E-state index in [0.29, 0.717) is 34.0 Å². The van der Waals surface area contributed by atoms with Gasteiger partial charge in [-0.3, -0.25) is 0 Å². The van der Waals surface area contributed by atoms with Crippen molar-refractivity contribution in [3.05, 3.63) is 24.3 Å². The largest absolute Gasteiger partial charge is 0.392 e. The number of benzene rings is 1. The van der Waals surface area contributed by atoms with Gasteiger partial charge in [-0.2, -0.15) is 8.78 Å². The molecule has 7 heteroatoms. The van der Waals surface area contributed by atoms with E-state index >= 15 is 0 Å². The number of hydrogen-bond donors (Lipinski definition) is 3. The molecule has 0 fully saturated rings. The van der Waals surface area contributed by atoms with Crippen LogP contribution in [0.5, 0.6) is 0 Å². The monoisotopic (exact) mass is 292 g/mol. The molecule has 0 aromatic heterocycles. The second-order valence-corrected chi connectivity index (χ2v) is 5.06. The maximum atomic E-state index is 12.1. The Morgan fingerprint density at radius 2 is 2.00 bits per heavy atom. The van der Waals surface area contributed by atoms with Gasteiger partial charge in [0.05, 0.1) is 6.10 Å². The minimum atomic E-state index is -2.42. The average molecular weight is 292 g/mol. The summed E-state index contributed by atoms with van der Waals surface area (Å²) >= 11 is 5.50. The highest BCUT2D eigenvalue weighted by Gasteiger charge is 2.05. The van der Waals surface area contributed by atoms with Crippen LogP contribution in [0, 0.1) is 0 Å². The van der Waals surface area contributed by atoms with Gasteiger partial charge < -0.3 is 15.7 Å². The molecular weight excluding hydrogens is 278 g/mol. The van der Waals surface area contributed by atoms with Gasteiger partial charge in [0, 0.05) is 17.1 Å². The van der Waals surface area contributed by atoms with Crippen molar-refractivity contribution in [2.45, 2.75) is 23.7 Å². The number of aliphatic hydroxyl groups is 1. The third-order valence-electron chi connectivity index (χ3n) is 1.90. The Bertz CT molecular complexity index is 385. The van der Waals surface area contributed by atoms with Crippen molar-refractivity contribution in [1.82, 2.24) is 5.32 Å². The third kappa shape index (κ3) is 6.13. The number of thiocarbonyl (C=S) groups is 1. The van der Waals surface area contributed by atoms with E-state index in [0.717, 1.165) is 0 Å². The summed E-state index contributed by atoms with van der Waals surface area (Å²) in [5.41, 5.74) is 0.705. The summed E-state index contributed by atoms with van der Waals surface area (Å²) in [6.45, 7) is 2.00. The van der Waals surface area contributed by atoms with Gasteiger partial charge in [0.15, 0.2) is 5.11 Å². The van der Waals surface area contributed by atoms with Gasteiger partial charge in [0.25, 0.3) is 5.76 Å². The highest BCUT2D eigenvalue weighted by Crippen LogP contribution is 2.26. The van der Waals surface area contributed by atoms with Crippen LogP contribution in [0.15, 0.2) is 29.2 Å². The topological polar surface area (TPSA) is 44.3 Å². The van der Waals surface area contributed by atoms with Gasteiger partial charge in [-0.25, -0.2) is 0 Å². The lowest BCUT2D eigenvalue weighted by Crippen LogP contribution is -2.33. The van der Waals surface area contributed by atoms with Gasteiger partial charge in [-0.15, -0.1) is 0 Å². The summed E-state index contributed by atoms with van der Waals surface area (Å²) in [4.78, 5) is 0.499. The molecule has 0 saturated carbocycles. The van der Waals surface area contributed by atoms with Crippen LogP contribution in [-0.2, 0) is 0 Å². The van der Waals surface area contributed by atoms with E-state index in [1.54, 1.807) is 31.2 Å². The van der Waals surface area contributed by atoms with Crippen LogP contribution in [-0.4, -0.2) is 28.6 Å². The minimum Gasteiger partial charge on any atom is -0.392 e. The SMILES string of the molecule is C[C@H](O)CNC(=S)Nc1ccc(SC(F)F)cc1. The van der Waals surface area contributed by atoms with Crippen molar-refractivity contribution in [1.29, 1.82) is 0 Å². The summed E-state index contributed by atoms with van der Waals surface area (Å²) in [7, 11) is 0. The smallest absolute Gasteiger partial charge is 0.288 e. The zero-order valence-corrected chi connectivity index (χ0v) is 11.3. The first-order valence-electron chi connectivity index (χ1n) is 5.25. The molecule has 1 aromatic carbocycles. The molecule has 100 valence electrons. The van der Waals surface area contributed by atoms with Crippen molar-refractivity contribution in [3.8, 4) is 0 Å². The lowest BCUT2D eigenvalue weighted by atomic mass is 10.3. The molecule has 0 aliphatic carbocycles. The van der Waals surface area contributed by atoms with E-state index in [1.807, 2.05) is 0 Å². The predicted molar refractivity (Wildman–Crippen MR) is 74.2 cm³/mol. The molecule has 0 unspecified atom stereocenters. The predicted octanol–water partition coefficient (Wildman–Crippen LogP) is 2.67. The van der Waals surface area contributed by atoms with E-state index < -0.39 is 11.9 Å². The fourth-order valence-electron chi connectivity index (χ4n) is 1.14. The molecule has 0 heterocycles. The second kappa shape index (κ2) is 7.50. The summed E-state index contributed by atoms with van der Waals surface area (Å²) in [6.07, 6.45) is -0.491. The van der Waals surface area contributed by atoms with Crippen LogP contribution in [0.2, 0.25) is 0 Å². The number of rotatable bonds is 5. The Kier molecular flexibility index (Phi) is 6.31. The maximum absolute atomic E-state index is 12.1. The number of aliphatic hydroxyl groups excluding tert-OH is 1. The number of hydrogen-bond acceptors (Lipinski definition) is 3. The zero-order valence-electron chi connectivity index (χ0n) is 9.69. The molecule has 0 aliphatic heterocycles. The number of nitrogens with one attached hydrogen (secondary N) is 2. The second-order valence-electron chi connectivity index (χ2n) is 3.59. The molecule has 3 N–H and O–H groups in total. The van der Waals surface area contributed by atoms with Gasteiger partial charge in [-0.1, -0.05) is 11.8 Å². The highest BCUT2D eigenvalue weighted by molar-refractivity contribution is 7.99. The van der Waals surface area contributed by atoms with E-state index in [1.165, 1.54) is 0 Å². The lowest BCUT2D eigenvalue weighted by molar-refractivity contribution is 0.198. The number of halogens is 2. The molecule has 0 amide bonds. The van der Waals surface area contributed by atoms with Crippen LogP contribution in [0.25, 0.3) is 0 Å². The Hall–Kier alpha value is -0.920. The summed E-state index contributed by atoms with van der Waals surface area (Å²) in [5, 5.41) is 15.2. The Morgan fingerprint density at radius 3 is 2.50 bits per heavy atom. The first-order chi connectivity index (χ1) is 8.47. The molecule has 1 rings (SSSR count). The van der Waals surface area contributed by atoms with Crippen LogP contribution in [0.4, 0.5) is 14.5 Å². The van der Waals surface area contributed by atoms with E-state index in [-0.39, 0.29) is 0 Å². The molecule has 0 saturated heterocycles. The van der Waals surface area contributed by atoms with Crippen molar-refractivity contribution in [2.24, 2.45) is 0 Å². The van der Waals surface area contributed by atoms with Crippen LogP contribution in [0.3, 0.4) is 0 Å². The zero-order chi connectivity index (χ0) is 13.5. The average Bonchev–Trinajstić information content (AvgIpc) is 2.28. The van der Waals surface area contributed by atoms with E-state index in [2.05, 4.69) is 10.6 Å². The highest BCUT2D eigenvalue weighted by atomic mass is 32.2. The van der Waals surface area contributed by atoms with Gasteiger partial charge >= 0.3 is 0 Å². The molecule has 18 heavy (non-hydrogen) atoms. The van der Waals surface area contributed by atoms with Crippen LogP contribution >= 0.6 is 24.0 Å². The molecule has 0 spiro atoms. The summed E-state index contributed by atoms with van der Waals surface area (Å²) in [6, 6.07) is 6.52. The van der Waals surface area contributed by atoms with Gasteiger partial charge in [0.1, 0.15) is 0 Å². The molecule has 3 nitrogen and oxygen atoms in total. The fourth-order valence-corrected chi connectivity index (χ4v) is 1.84. The van der Waals surface area contributed by atoms with Crippen molar-refractivity contribution in [3.63, 3.8) is 0 Å². The normalized spacial score (nSPS) is 12.3. The Labute approximate surface area is 114 Å². The first-order valence-corrected chi connectivity index (χ1v) is 6.54. The summed E-state index contributed by atoms with van der Waals surface area (Å²) in [5.74, 6) is -2.42. The van der Waals surface area contributed by atoms with Gasteiger partial charge in [-0.05, 0) is 43.4 Å². The quantitative estimate of drug-likeness (QED) is 0.575. The van der Waals surface area contributed by atoms with Crippen LogP contribution in [0.1, 0.15) is 6.92 Å². The number of thioether (sulfide) groups is 1. The lowest BCUT2D eigenvalue weighted by Gasteiger charge is -2.12. The molecule has 0 aliphatic rings. The first kappa shape index (κ1) is 15.1. The van der Waals surface area contributed by atoms with Crippen molar-refractivity contribution < 1.29 is 13.9 Å². The molecule has 1 aromatic rings. The maximum Gasteiger partial charge on any atom is 0.288 e. The standard InChI is InChI=1S/C11H14F2N2OS2/c1-7(16)6-14-11(17)15-8-2-4-9(5-3-8)18-10(12)13/h2-5,7,10,16H,6H2,1H3,(H2,14,15,17)/t7-/m0/s1. The molecule has 0 bridgehead atoms.